The van der Waals surface area contributed by atoms with Crippen molar-refractivity contribution in [2.75, 3.05) is 12.8 Å². The van der Waals surface area contributed by atoms with Gasteiger partial charge in [0, 0.05) is 22.3 Å². The molecule has 0 saturated carbocycles. The topological polar surface area (TPSA) is 167 Å². The lowest BCUT2D eigenvalue weighted by molar-refractivity contribution is -0.384. The van der Waals surface area contributed by atoms with Crippen molar-refractivity contribution < 1.29 is 19.2 Å². The number of anilines is 1. The number of methoxy groups -OCH3 is 1. The number of nitrogens with zero attached hydrogens (tertiary/aromatic N) is 3. The van der Waals surface area contributed by atoms with Crippen molar-refractivity contribution in [2.45, 2.75) is 0 Å². The highest BCUT2D eigenvalue weighted by atomic mass is 79.9. The number of aromatic nitrogens is 1. The van der Waals surface area contributed by atoms with Crippen LogP contribution in [0.4, 0.5) is 11.4 Å². The van der Waals surface area contributed by atoms with E-state index < -0.39 is 22.5 Å². The molecule has 4 N–H and O–H groups in total. The van der Waals surface area contributed by atoms with Crippen LogP contribution in [0.2, 0.25) is 0 Å². The second-order valence-corrected chi connectivity index (χ2v) is 5.58. The number of primary amides is 1. The number of carbonyl (C=O) groups excluding carboxylic acids is 2. The highest BCUT2D eigenvalue weighted by Crippen LogP contribution is 2.36. The molecule has 0 unspecified atom stereocenters. The van der Waals surface area contributed by atoms with Crippen LogP contribution in [0.15, 0.2) is 22.8 Å². The molecule has 128 valence electrons. The fourth-order valence-corrected chi connectivity index (χ4v) is 2.84. The zero-order valence-corrected chi connectivity index (χ0v) is 14.2. The van der Waals surface area contributed by atoms with Gasteiger partial charge < -0.3 is 20.8 Å². The molecule has 1 heterocycles. The van der Waals surface area contributed by atoms with E-state index >= 15 is 0 Å². The van der Waals surface area contributed by atoms with Gasteiger partial charge in [0.05, 0.1) is 23.3 Å². The van der Waals surface area contributed by atoms with Gasteiger partial charge in [0.1, 0.15) is 11.8 Å². The lowest BCUT2D eigenvalue weighted by atomic mass is 10.1. The number of halogens is 1. The van der Waals surface area contributed by atoms with E-state index in [2.05, 4.69) is 20.7 Å². The number of nitro benzene ring substituents is 1. The molecule has 0 bridgehead atoms. The summed E-state index contributed by atoms with van der Waals surface area (Å²) < 4.78 is 5.79. The monoisotopic (exact) mass is 407 g/mol. The van der Waals surface area contributed by atoms with Gasteiger partial charge in [0.2, 0.25) is 5.91 Å². The van der Waals surface area contributed by atoms with Crippen LogP contribution in [0.5, 0.6) is 0 Å². The fraction of sp³-hybridized carbons (Fsp3) is 0.0714. The van der Waals surface area contributed by atoms with E-state index in [0.717, 1.165) is 17.7 Å². The molecule has 0 saturated heterocycles. The van der Waals surface area contributed by atoms with Gasteiger partial charge in [-0.3, -0.25) is 14.9 Å². The zero-order valence-electron chi connectivity index (χ0n) is 12.6. The van der Waals surface area contributed by atoms with Gasteiger partial charge in [-0.05, 0) is 22.0 Å². The number of nitriles is 1. The third-order valence-corrected chi connectivity index (χ3v) is 3.91. The molecule has 11 heteroatoms. The molecule has 0 fully saturated rings. The standard InChI is InChI=1S/C14H10BrN5O5/c1-25-14(22)12-10(17)7(4-16)5-19(12)11-8(15)2-6(13(18)21)3-9(11)20(23)24/h2-3,5H,17H2,1H3,(H2,18,21). The third kappa shape index (κ3) is 3.02. The molecule has 10 nitrogen and oxygen atoms in total. The second-order valence-electron chi connectivity index (χ2n) is 4.73. The van der Waals surface area contributed by atoms with E-state index in [1.165, 1.54) is 12.3 Å². The maximum Gasteiger partial charge on any atom is 0.357 e. The predicted octanol–water partition coefficient (Wildman–Crippen LogP) is 1.49. The van der Waals surface area contributed by atoms with Crippen LogP contribution in [0.25, 0.3) is 5.69 Å². The first-order chi connectivity index (χ1) is 11.7. The Morgan fingerprint density at radius 1 is 1.44 bits per heavy atom. The van der Waals surface area contributed by atoms with E-state index in [0.29, 0.717) is 0 Å². The van der Waals surface area contributed by atoms with Crippen LogP contribution < -0.4 is 11.5 Å². The molecule has 0 spiro atoms. The molecule has 25 heavy (non-hydrogen) atoms. The van der Waals surface area contributed by atoms with Crippen LogP contribution in [-0.2, 0) is 4.74 Å². The Morgan fingerprint density at radius 2 is 2.08 bits per heavy atom. The Hall–Kier alpha value is -3.39. The largest absolute Gasteiger partial charge is 0.464 e. The minimum atomic E-state index is -0.890. The van der Waals surface area contributed by atoms with Gasteiger partial charge in [-0.25, -0.2) is 4.79 Å². The Morgan fingerprint density at radius 3 is 2.56 bits per heavy atom. The molecular formula is C14H10BrN5O5. The van der Waals surface area contributed by atoms with Crippen LogP contribution in [-0.4, -0.2) is 28.5 Å². The number of nitrogens with two attached hydrogens (primary N) is 2. The molecule has 0 radical (unpaired) electrons. The van der Waals surface area contributed by atoms with E-state index in [4.69, 9.17) is 16.7 Å². The fourth-order valence-electron chi connectivity index (χ4n) is 2.20. The van der Waals surface area contributed by atoms with Crippen molar-refractivity contribution in [3.05, 3.63) is 49.7 Å². The van der Waals surface area contributed by atoms with Crippen molar-refractivity contribution in [1.82, 2.24) is 4.57 Å². The van der Waals surface area contributed by atoms with Crippen molar-refractivity contribution in [3.63, 3.8) is 0 Å². The minimum Gasteiger partial charge on any atom is -0.464 e. The van der Waals surface area contributed by atoms with Gasteiger partial charge in [0.25, 0.3) is 5.69 Å². The minimum absolute atomic E-state index is 0.0689. The average Bonchev–Trinajstić information content (AvgIpc) is 2.89. The quantitative estimate of drug-likeness (QED) is 0.439. The summed E-state index contributed by atoms with van der Waals surface area (Å²) >= 11 is 3.12. The molecule has 2 rings (SSSR count). The highest BCUT2D eigenvalue weighted by molar-refractivity contribution is 9.10. The molecular weight excluding hydrogens is 398 g/mol. The van der Waals surface area contributed by atoms with Crippen LogP contribution >= 0.6 is 15.9 Å². The molecule has 0 aliphatic carbocycles. The summed E-state index contributed by atoms with van der Waals surface area (Å²) in [4.78, 5) is 34.1. The van der Waals surface area contributed by atoms with Gasteiger partial charge >= 0.3 is 5.97 Å². The summed E-state index contributed by atoms with van der Waals surface area (Å²) in [6.07, 6.45) is 1.17. The van der Waals surface area contributed by atoms with Gasteiger partial charge in [-0.1, -0.05) is 0 Å². The Kier molecular flexibility index (Phi) is 4.75. The third-order valence-electron chi connectivity index (χ3n) is 3.31. The summed E-state index contributed by atoms with van der Waals surface area (Å²) in [6.45, 7) is 0. The van der Waals surface area contributed by atoms with Crippen molar-refractivity contribution in [2.24, 2.45) is 5.73 Å². The number of esters is 1. The van der Waals surface area contributed by atoms with Gasteiger partial charge in [-0.15, -0.1) is 0 Å². The molecule has 1 aromatic heterocycles. The summed E-state index contributed by atoms with van der Waals surface area (Å²) in [5.74, 6) is -1.76. The average molecular weight is 408 g/mol. The van der Waals surface area contributed by atoms with E-state index in [1.54, 1.807) is 6.07 Å². The first kappa shape index (κ1) is 18.0. The molecule has 1 aromatic carbocycles. The first-order valence-corrected chi connectivity index (χ1v) is 7.29. The summed E-state index contributed by atoms with van der Waals surface area (Å²) in [5.41, 5.74) is 9.70. The number of rotatable bonds is 4. The molecule has 2 aromatic rings. The number of nitro groups is 1. The SMILES string of the molecule is COC(=O)c1c(N)c(C#N)cn1-c1c(Br)cc(C(N)=O)cc1[N+](=O)[O-]. The number of hydrogen-bond donors (Lipinski definition) is 2. The smallest absolute Gasteiger partial charge is 0.357 e. The maximum absolute atomic E-state index is 12.0. The number of amides is 1. The van der Waals surface area contributed by atoms with Crippen LogP contribution in [0.1, 0.15) is 26.4 Å². The molecule has 0 atom stereocenters. The molecule has 1 amide bonds. The lowest BCUT2D eigenvalue weighted by Crippen LogP contribution is -2.15. The molecule has 0 aliphatic heterocycles. The normalized spacial score (nSPS) is 10.1. The van der Waals surface area contributed by atoms with E-state index in [-0.39, 0.29) is 32.7 Å². The maximum atomic E-state index is 12.0. The summed E-state index contributed by atoms with van der Waals surface area (Å²) in [7, 11) is 1.10. The first-order valence-electron chi connectivity index (χ1n) is 6.50. The van der Waals surface area contributed by atoms with E-state index in [9.17, 15) is 19.7 Å². The van der Waals surface area contributed by atoms with Crippen molar-refractivity contribution in [3.8, 4) is 11.8 Å². The number of nitrogen functional groups attached to an aromatic ring is 1. The number of ether oxygens (including phenoxy) is 1. The summed E-state index contributed by atoms with van der Waals surface area (Å²) in [5, 5.41) is 20.6. The van der Waals surface area contributed by atoms with Crippen molar-refractivity contribution in [1.29, 1.82) is 5.26 Å². The highest BCUT2D eigenvalue weighted by Gasteiger charge is 2.28. The Bertz CT molecular complexity index is 959. The Labute approximate surface area is 148 Å². The van der Waals surface area contributed by atoms with Crippen molar-refractivity contribution >= 4 is 39.2 Å². The lowest BCUT2D eigenvalue weighted by Gasteiger charge is -2.12. The Balaban J connectivity index is 2.92. The van der Waals surface area contributed by atoms with Gasteiger partial charge in [0.15, 0.2) is 5.69 Å². The van der Waals surface area contributed by atoms with E-state index in [1.807, 2.05) is 0 Å². The number of benzene rings is 1. The zero-order chi connectivity index (χ0) is 18.9. The van der Waals surface area contributed by atoms with Gasteiger partial charge in [-0.2, -0.15) is 5.26 Å². The van der Waals surface area contributed by atoms with Crippen LogP contribution in [0.3, 0.4) is 0 Å². The van der Waals surface area contributed by atoms with Crippen LogP contribution in [0, 0.1) is 21.4 Å². The number of carbonyl (C=O) groups is 2. The predicted molar refractivity (Wildman–Crippen MR) is 89.1 cm³/mol. The second kappa shape index (κ2) is 6.62. The summed E-state index contributed by atoms with van der Waals surface area (Å²) in [6, 6.07) is 4.01. The molecule has 0 aliphatic rings. The number of hydrogen-bond acceptors (Lipinski definition) is 7.